The molecule has 0 atom stereocenters. The summed E-state index contributed by atoms with van der Waals surface area (Å²) in [6, 6.07) is 19.5. The maximum absolute atomic E-state index is 10.2. The number of methoxy groups -OCH3 is 1. The quantitative estimate of drug-likeness (QED) is 0.737. The Morgan fingerprint density at radius 3 is 2.37 bits per heavy atom. The molecule has 3 rings (SSSR count). The molecule has 0 fully saturated rings. The number of fused-ring (bicyclic) bond motifs is 1. The van der Waals surface area contributed by atoms with Gasteiger partial charge in [0.25, 0.3) is 0 Å². The second-order valence-electron chi connectivity index (χ2n) is 4.45. The van der Waals surface area contributed by atoms with Gasteiger partial charge in [0.1, 0.15) is 11.5 Å². The summed E-state index contributed by atoms with van der Waals surface area (Å²) in [6.07, 6.45) is 0. The number of ether oxygens (including phenoxy) is 1. The van der Waals surface area contributed by atoms with Gasteiger partial charge in [0.05, 0.1) is 7.11 Å². The SMILES string of the molecule is COc1ccc2cc(-c3ccccc3)c(O)cc2c1. The van der Waals surface area contributed by atoms with Gasteiger partial charge in [0.2, 0.25) is 0 Å². The van der Waals surface area contributed by atoms with Crippen molar-refractivity contribution in [1.82, 2.24) is 0 Å². The molecule has 0 spiro atoms. The molecule has 3 aromatic carbocycles. The van der Waals surface area contributed by atoms with E-state index in [1.807, 2.05) is 54.6 Å². The lowest BCUT2D eigenvalue weighted by atomic mass is 10.00. The zero-order chi connectivity index (χ0) is 13.2. The Labute approximate surface area is 111 Å². The lowest BCUT2D eigenvalue weighted by molar-refractivity contribution is 0.415. The minimum absolute atomic E-state index is 0.284. The maximum Gasteiger partial charge on any atom is 0.124 e. The predicted molar refractivity (Wildman–Crippen MR) is 77.6 cm³/mol. The first-order valence-corrected chi connectivity index (χ1v) is 6.14. The molecule has 0 aliphatic rings. The molecule has 1 N–H and O–H groups in total. The summed E-state index contributed by atoms with van der Waals surface area (Å²) in [4.78, 5) is 0. The van der Waals surface area contributed by atoms with Gasteiger partial charge in [-0.25, -0.2) is 0 Å². The van der Waals surface area contributed by atoms with E-state index in [0.717, 1.165) is 27.6 Å². The smallest absolute Gasteiger partial charge is 0.124 e. The van der Waals surface area contributed by atoms with Crippen molar-refractivity contribution in [2.75, 3.05) is 7.11 Å². The number of rotatable bonds is 2. The van der Waals surface area contributed by atoms with Crippen LogP contribution in [0.25, 0.3) is 21.9 Å². The summed E-state index contributed by atoms with van der Waals surface area (Å²) in [5.41, 5.74) is 1.86. The van der Waals surface area contributed by atoms with Crippen molar-refractivity contribution in [1.29, 1.82) is 0 Å². The first kappa shape index (κ1) is 11.6. The van der Waals surface area contributed by atoms with Crippen LogP contribution in [0.1, 0.15) is 0 Å². The van der Waals surface area contributed by atoms with E-state index in [-0.39, 0.29) is 5.75 Å². The molecule has 0 heterocycles. The van der Waals surface area contributed by atoms with Gasteiger partial charge in [0, 0.05) is 5.56 Å². The largest absolute Gasteiger partial charge is 0.507 e. The van der Waals surface area contributed by atoms with E-state index in [1.54, 1.807) is 13.2 Å². The van der Waals surface area contributed by atoms with Crippen LogP contribution in [0.4, 0.5) is 0 Å². The molecule has 0 bridgehead atoms. The van der Waals surface area contributed by atoms with Crippen LogP contribution in [0.15, 0.2) is 60.7 Å². The number of aromatic hydroxyl groups is 1. The van der Waals surface area contributed by atoms with Crippen molar-refractivity contribution in [2.24, 2.45) is 0 Å². The molecule has 0 aliphatic carbocycles. The summed E-state index contributed by atoms with van der Waals surface area (Å²) in [5.74, 6) is 1.08. The van der Waals surface area contributed by atoms with Crippen LogP contribution in [0, 0.1) is 0 Å². The normalized spacial score (nSPS) is 10.6. The van der Waals surface area contributed by atoms with E-state index in [0.29, 0.717) is 0 Å². The van der Waals surface area contributed by atoms with E-state index in [1.165, 1.54) is 0 Å². The van der Waals surface area contributed by atoms with Gasteiger partial charge in [-0.15, -0.1) is 0 Å². The Morgan fingerprint density at radius 1 is 0.842 bits per heavy atom. The van der Waals surface area contributed by atoms with Gasteiger partial charge < -0.3 is 9.84 Å². The molecule has 19 heavy (non-hydrogen) atoms. The zero-order valence-corrected chi connectivity index (χ0v) is 10.6. The van der Waals surface area contributed by atoms with Crippen LogP contribution in [0.2, 0.25) is 0 Å². The van der Waals surface area contributed by atoms with Crippen molar-refractivity contribution in [3.05, 3.63) is 60.7 Å². The van der Waals surface area contributed by atoms with E-state index in [4.69, 9.17) is 4.74 Å². The summed E-state index contributed by atoms with van der Waals surface area (Å²) in [6.45, 7) is 0. The fourth-order valence-corrected chi connectivity index (χ4v) is 2.24. The number of phenolic OH excluding ortho intramolecular Hbond substituents is 1. The van der Waals surface area contributed by atoms with Crippen LogP contribution in [0.5, 0.6) is 11.5 Å². The minimum Gasteiger partial charge on any atom is -0.507 e. The highest BCUT2D eigenvalue weighted by Gasteiger charge is 2.06. The summed E-state index contributed by atoms with van der Waals surface area (Å²) in [7, 11) is 1.64. The van der Waals surface area contributed by atoms with Gasteiger partial charge in [0.15, 0.2) is 0 Å². The van der Waals surface area contributed by atoms with Crippen LogP contribution in [-0.4, -0.2) is 12.2 Å². The van der Waals surface area contributed by atoms with E-state index < -0.39 is 0 Å². The van der Waals surface area contributed by atoms with Crippen molar-refractivity contribution in [3.63, 3.8) is 0 Å². The van der Waals surface area contributed by atoms with Gasteiger partial charge in [-0.1, -0.05) is 36.4 Å². The molecular weight excluding hydrogens is 236 g/mol. The minimum atomic E-state index is 0.284. The molecule has 3 aromatic rings. The molecule has 0 saturated carbocycles. The second kappa shape index (κ2) is 4.65. The predicted octanol–water partition coefficient (Wildman–Crippen LogP) is 4.22. The third-order valence-electron chi connectivity index (χ3n) is 3.25. The van der Waals surface area contributed by atoms with Crippen molar-refractivity contribution >= 4 is 10.8 Å². The average Bonchev–Trinajstić information content (AvgIpc) is 2.47. The highest BCUT2D eigenvalue weighted by Crippen LogP contribution is 2.34. The molecule has 2 heteroatoms. The van der Waals surface area contributed by atoms with Crippen molar-refractivity contribution < 1.29 is 9.84 Å². The first-order valence-electron chi connectivity index (χ1n) is 6.14. The average molecular weight is 250 g/mol. The zero-order valence-electron chi connectivity index (χ0n) is 10.6. The van der Waals surface area contributed by atoms with Gasteiger partial charge in [-0.3, -0.25) is 0 Å². The highest BCUT2D eigenvalue weighted by molar-refractivity contribution is 5.91. The molecule has 2 nitrogen and oxygen atoms in total. The summed E-state index contributed by atoms with van der Waals surface area (Å²) in [5, 5.41) is 12.2. The molecule has 0 aromatic heterocycles. The van der Waals surface area contributed by atoms with Crippen molar-refractivity contribution in [2.45, 2.75) is 0 Å². The van der Waals surface area contributed by atoms with E-state index in [2.05, 4.69) is 0 Å². The van der Waals surface area contributed by atoms with Crippen LogP contribution >= 0.6 is 0 Å². The topological polar surface area (TPSA) is 29.5 Å². The van der Waals surface area contributed by atoms with Crippen LogP contribution in [0.3, 0.4) is 0 Å². The van der Waals surface area contributed by atoms with Gasteiger partial charge in [-0.05, 0) is 40.6 Å². The summed E-state index contributed by atoms with van der Waals surface area (Å²) >= 11 is 0. The fraction of sp³-hybridized carbons (Fsp3) is 0.0588. The number of hydrogen-bond donors (Lipinski definition) is 1. The Bertz CT molecular complexity index is 718. The molecule has 0 aliphatic heterocycles. The van der Waals surface area contributed by atoms with Crippen LogP contribution < -0.4 is 4.74 Å². The Hall–Kier alpha value is -2.48. The number of benzene rings is 3. The number of phenols is 1. The molecule has 0 amide bonds. The lowest BCUT2D eigenvalue weighted by Gasteiger charge is -2.08. The van der Waals surface area contributed by atoms with E-state index in [9.17, 15) is 5.11 Å². The highest BCUT2D eigenvalue weighted by atomic mass is 16.5. The Balaban J connectivity index is 2.20. The number of hydrogen-bond acceptors (Lipinski definition) is 2. The molecule has 0 radical (unpaired) electrons. The lowest BCUT2D eigenvalue weighted by Crippen LogP contribution is -1.84. The molecular formula is C17H14O2. The van der Waals surface area contributed by atoms with Gasteiger partial charge >= 0.3 is 0 Å². The van der Waals surface area contributed by atoms with Gasteiger partial charge in [-0.2, -0.15) is 0 Å². The standard InChI is InChI=1S/C17H14O2/c1-19-15-8-7-13-10-16(12-5-3-2-4-6-12)17(18)11-14(13)9-15/h2-11,18H,1H3. The Kier molecular flexibility index (Phi) is 2.84. The first-order chi connectivity index (χ1) is 9.28. The monoisotopic (exact) mass is 250 g/mol. The van der Waals surface area contributed by atoms with Crippen LogP contribution in [-0.2, 0) is 0 Å². The molecule has 0 unspecified atom stereocenters. The van der Waals surface area contributed by atoms with E-state index >= 15 is 0 Å². The summed E-state index contributed by atoms with van der Waals surface area (Å²) < 4.78 is 5.20. The fourth-order valence-electron chi connectivity index (χ4n) is 2.24. The Morgan fingerprint density at radius 2 is 1.63 bits per heavy atom. The molecule has 94 valence electrons. The third kappa shape index (κ3) is 2.13. The third-order valence-corrected chi connectivity index (χ3v) is 3.25. The maximum atomic E-state index is 10.2. The second-order valence-corrected chi connectivity index (χ2v) is 4.45. The van der Waals surface area contributed by atoms with Crippen molar-refractivity contribution in [3.8, 4) is 22.6 Å². The molecule has 0 saturated heterocycles.